The van der Waals surface area contributed by atoms with Gasteiger partial charge in [0, 0.05) is 13.0 Å². The molecular formula is C7H18ClNO2. The normalized spacial score (nSPS) is 10.4. The molecule has 0 bridgehead atoms. The predicted molar refractivity (Wildman–Crippen MR) is 47.9 cm³/mol. The SMILES string of the molecule is CCN(CC)CCC(O)O.Cl. The molecule has 2 N–H and O–H groups in total. The zero-order valence-corrected chi connectivity index (χ0v) is 7.97. The van der Waals surface area contributed by atoms with E-state index in [0.717, 1.165) is 19.6 Å². The molecule has 0 fully saturated rings. The molecule has 0 amide bonds. The number of rotatable bonds is 5. The third kappa shape index (κ3) is 8.07. The molecule has 0 aliphatic rings. The number of hydrogen-bond acceptors (Lipinski definition) is 3. The van der Waals surface area contributed by atoms with Gasteiger partial charge in [-0.15, -0.1) is 12.4 Å². The van der Waals surface area contributed by atoms with Crippen LogP contribution in [0.4, 0.5) is 0 Å². The van der Waals surface area contributed by atoms with Crippen LogP contribution in [0.25, 0.3) is 0 Å². The summed E-state index contributed by atoms with van der Waals surface area (Å²) >= 11 is 0. The Labute approximate surface area is 74.4 Å². The van der Waals surface area contributed by atoms with Crippen LogP contribution in [0.2, 0.25) is 0 Å². The molecular weight excluding hydrogens is 166 g/mol. The van der Waals surface area contributed by atoms with Gasteiger partial charge in [0.25, 0.3) is 0 Å². The second-order valence-electron chi connectivity index (χ2n) is 2.30. The maximum absolute atomic E-state index is 8.52. The van der Waals surface area contributed by atoms with Crippen molar-refractivity contribution in [2.45, 2.75) is 26.6 Å². The highest BCUT2D eigenvalue weighted by Gasteiger charge is 2.01. The highest BCUT2D eigenvalue weighted by Crippen LogP contribution is 1.92. The minimum absolute atomic E-state index is 0. The average molecular weight is 184 g/mol. The monoisotopic (exact) mass is 183 g/mol. The van der Waals surface area contributed by atoms with E-state index in [0.29, 0.717) is 6.42 Å². The van der Waals surface area contributed by atoms with Crippen LogP contribution < -0.4 is 0 Å². The fourth-order valence-electron chi connectivity index (χ4n) is 0.838. The van der Waals surface area contributed by atoms with Gasteiger partial charge in [-0.05, 0) is 13.1 Å². The first-order valence-electron chi connectivity index (χ1n) is 3.79. The van der Waals surface area contributed by atoms with Crippen molar-refractivity contribution in [1.82, 2.24) is 4.90 Å². The third-order valence-electron chi connectivity index (χ3n) is 1.60. The highest BCUT2D eigenvalue weighted by molar-refractivity contribution is 5.85. The number of aliphatic hydroxyl groups excluding tert-OH is 1. The summed E-state index contributed by atoms with van der Waals surface area (Å²) in [6.45, 7) is 6.84. The van der Waals surface area contributed by atoms with Crippen LogP contribution in [0.1, 0.15) is 20.3 Å². The van der Waals surface area contributed by atoms with E-state index in [1.54, 1.807) is 0 Å². The Morgan fingerprint density at radius 1 is 1.18 bits per heavy atom. The third-order valence-corrected chi connectivity index (χ3v) is 1.60. The summed E-state index contributed by atoms with van der Waals surface area (Å²) in [6.07, 6.45) is -0.706. The fraction of sp³-hybridized carbons (Fsp3) is 1.00. The van der Waals surface area contributed by atoms with Crippen LogP contribution in [0, 0.1) is 0 Å². The van der Waals surface area contributed by atoms with Crippen LogP contribution in [0.15, 0.2) is 0 Å². The molecule has 0 aromatic carbocycles. The standard InChI is InChI=1S/C7H17NO2.ClH/c1-3-8(4-2)6-5-7(9)10;/h7,9-10H,3-6H2,1-2H3;1H. The van der Waals surface area contributed by atoms with E-state index in [1.807, 2.05) is 0 Å². The zero-order valence-electron chi connectivity index (χ0n) is 7.16. The first-order chi connectivity index (χ1) is 4.70. The number of aliphatic hydroxyl groups is 2. The van der Waals surface area contributed by atoms with Crippen LogP contribution >= 0.6 is 12.4 Å². The van der Waals surface area contributed by atoms with Crippen LogP contribution in [0.3, 0.4) is 0 Å². The van der Waals surface area contributed by atoms with Gasteiger partial charge in [0.1, 0.15) is 0 Å². The van der Waals surface area contributed by atoms with E-state index in [4.69, 9.17) is 10.2 Å². The first kappa shape index (κ1) is 13.7. The van der Waals surface area contributed by atoms with Gasteiger partial charge in [-0.3, -0.25) is 0 Å². The largest absolute Gasteiger partial charge is 0.368 e. The Balaban J connectivity index is 0. The van der Waals surface area contributed by atoms with Crippen LogP contribution in [-0.4, -0.2) is 41.0 Å². The summed E-state index contributed by atoms with van der Waals surface area (Å²) in [6, 6.07) is 0. The Morgan fingerprint density at radius 2 is 1.64 bits per heavy atom. The quantitative estimate of drug-likeness (QED) is 0.609. The molecule has 70 valence electrons. The summed E-state index contributed by atoms with van der Waals surface area (Å²) in [5.41, 5.74) is 0. The minimum Gasteiger partial charge on any atom is -0.368 e. The molecule has 0 atom stereocenters. The van der Waals surface area contributed by atoms with Crippen molar-refractivity contribution in [3.8, 4) is 0 Å². The van der Waals surface area contributed by atoms with Gasteiger partial charge in [-0.25, -0.2) is 0 Å². The Kier molecular flexibility index (Phi) is 10.3. The number of hydrogen-bond donors (Lipinski definition) is 2. The van der Waals surface area contributed by atoms with E-state index in [2.05, 4.69) is 18.7 Å². The van der Waals surface area contributed by atoms with Crippen molar-refractivity contribution in [2.24, 2.45) is 0 Å². The highest BCUT2D eigenvalue weighted by atomic mass is 35.5. The molecule has 0 saturated heterocycles. The lowest BCUT2D eigenvalue weighted by atomic mass is 10.3. The van der Waals surface area contributed by atoms with Gasteiger partial charge in [-0.2, -0.15) is 0 Å². The van der Waals surface area contributed by atoms with Gasteiger partial charge in [0.05, 0.1) is 0 Å². The van der Waals surface area contributed by atoms with Gasteiger partial charge in [0.2, 0.25) is 0 Å². The van der Waals surface area contributed by atoms with Crippen LogP contribution in [0.5, 0.6) is 0 Å². The Hall–Kier alpha value is 0.170. The average Bonchev–Trinajstić information content (AvgIpc) is 1.90. The van der Waals surface area contributed by atoms with Crippen molar-refractivity contribution in [3.63, 3.8) is 0 Å². The van der Waals surface area contributed by atoms with E-state index in [-0.39, 0.29) is 12.4 Å². The van der Waals surface area contributed by atoms with Crippen LogP contribution in [-0.2, 0) is 0 Å². The van der Waals surface area contributed by atoms with Crippen molar-refractivity contribution in [1.29, 1.82) is 0 Å². The van der Waals surface area contributed by atoms with Gasteiger partial charge in [0.15, 0.2) is 6.29 Å². The van der Waals surface area contributed by atoms with E-state index in [1.165, 1.54) is 0 Å². The summed E-state index contributed by atoms with van der Waals surface area (Å²) in [7, 11) is 0. The summed E-state index contributed by atoms with van der Waals surface area (Å²) in [5.74, 6) is 0. The number of halogens is 1. The lowest BCUT2D eigenvalue weighted by molar-refractivity contribution is -0.0498. The maximum Gasteiger partial charge on any atom is 0.152 e. The molecule has 0 aromatic rings. The lowest BCUT2D eigenvalue weighted by Crippen LogP contribution is -2.26. The first-order valence-corrected chi connectivity index (χ1v) is 3.79. The topological polar surface area (TPSA) is 43.7 Å². The van der Waals surface area contributed by atoms with Crippen molar-refractivity contribution < 1.29 is 10.2 Å². The molecule has 3 nitrogen and oxygen atoms in total. The molecule has 0 aliphatic heterocycles. The molecule has 0 rings (SSSR count). The molecule has 0 aliphatic carbocycles. The summed E-state index contributed by atoms with van der Waals surface area (Å²) in [5, 5.41) is 17.0. The molecule has 0 saturated carbocycles. The second kappa shape index (κ2) is 8.27. The Bertz CT molecular complexity index is 76.8. The molecule has 4 heteroatoms. The number of nitrogens with zero attached hydrogens (tertiary/aromatic N) is 1. The predicted octanol–water partition coefficient (Wildman–Crippen LogP) is 0.451. The van der Waals surface area contributed by atoms with Gasteiger partial charge in [-0.1, -0.05) is 13.8 Å². The van der Waals surface area contributed by atoms with Crippen molar-refractivity contribution >= 4 is 12.4 Å². The molecule has 0 radical (unpaired) electrons. The fourth-order valence-corrected chi connectivity index (χ4v) is 0.838. The second-order valence-corrected chi connectivity index (χ2v) is 2.30. The smallest absolute Gasteiger partial charge is 0.152 e. The molecule has 0 unspecified atom stereocenters. The maximum atomic E-state index is 8.52. The molecule has 0 aromatic heterocycles. The van der Waals surface area contributed by atoms with E-state index >= 15 is 0 Å². The summed E-state index contributed by atoms with van der Waals surface area (Å²) < 4.78 is 0. The molecule has 0 heterocycles. The van der Waals surface area contributed by atoms with Crippen molar-refractivity contribution in [2.75, 3.05) is 19.6 Å². The van der Waals surface area contributed by atoms with Gasteiger partial charge < -0.3 is 15.1 Å². The van der Waals surface area contributed by atoms with E-state index < -0.39 is 6.29 Å². The van der Waals surface area contributed by atoms with Gasteiger partial charge >= 0.3 is 0 Å². The zero-order chi connectivity index (χ0) is 7.98. The van der Waals surface area contributed by atoms with Crippen molar-refractivity contribution in [3.05, 3.63) is 0 Å². The summed E-state index contributed by atoms with van der Waals surface area (Å²) in [4.78, 5) is 2.15. The minimum atomic E-state index is -1.15. The lowest BCUT2D eigenvalue weighted by Gasteiger charge is -2.17. The molecule has 11 heavy (non-hydrogen) atoms. The molecule has 0 spiro atoms. The van der Waals surface area contributed by atoms with E-state index in [9.17, 15) is 0 Å². The Morgan fingerprint density at radius 3 is 1.91 bits per heavy atom.